The Bertz CT molecular complexity index is 428. The fourth-order valence-corrected chi connectivity index (χ4v) is 3.05. The van der Waals surface area contributed by atoms with Gasteiger partial charge < -0.3 is 5.73 Å². The maximum Gasteiger partial charge on any atom is 0.179 e. The van der Waals surface area contributed by atoms with Crippen LogP contribution in [0.4, 0.5) is 5.69 Å². The average Bonchev–Trinajstić information content (AvgIpc) is 2.09. The highest BCUT2D eigenvalue weighted by Crippen LogP contribution is 2.24. The van der Waals surface area contributed by atoms with Crippen LogP contribution in [-0.2, 0) is 9.84 Å². The van der Waals surface area contributed by atoms with Gasteiger partial charge >= 0.3 is 0 Å². The molecule has 78 valence electrons. The van der Waals surface area contributed by atoms with Crippen molar-refractivity contribution < 1.29 is 8.42 Å². The van der Waals surface area contributed by atoms with Gasteiger partial charge in [0.15, 0.2) is 9.84 Å². The highest BCUT2D eigenvalue weighted by molar-refractivity contribution is 7.91. The molecule has 0 aliphatic carbocycles. The van der Waals surface area contributed by atoms with Crippen LogP contribution >= 0.6 is 11.6 Å². The molecule has 0 saturated carbocycles. The van der Waals surface area contributed by atoms with E-state index in [0.29, 0.717) is 12.1 Å². The lowest BCUT2D eigenvalue weighted by Gasteiger charge is -2.05. The zero-order valence-corrected chi connectivity index (χ0v) is 9.40. The lowest BCUT2D eigenvalue weighted by atomic mass is 10.3. The van der Waals surface area contributed by atoms with Crippen LogP contribution in [0.15, 0.2) is 23.1 Å². The van der Waals surface area contributed by atoms with Crippen LogP contribution in [0.25, 0.3) is 0 Å². The van der Waals surface area contributed by atoms with E-state index in [9.17, 15) is 8.42 Å². The van der Waals surface area contributed by atoms with Gasteiger partial charge in [-0.25, -0.2) is 8.42 Å². The van der Waals surface area contributed by atoms with Gasteiger partial charge in [-0.3, -0.25) is 0 Å². The number of nitrogen functional groups attached to an aromatic ring is 1. The molecule has 0 aromatic heterocycles. The van der Waals surface area contributed by atoms with Crippen LogP contribution in [0.1, 0.15) is 13.3 Å². The van der Waals surface area contributed by atoms with E-state index >= 15 is 0 Å². The van der Waals surface area contributed by atoms with Gasteiger partial charge in [0.1, 0.15) is 0 Å². The van der Waals surface area contributed by atoms with E-state index in [1.165, 1.54) is 12.1 Å². The van der Waals surface area contributed by atoms with E-state index in [0.717, 1.165) is 0 Å². The standard InChI is InChI=1S/C9H12ClNO2S/c1-2-5-14(12,13)9-6-7(11)3-4-8(9)10/h3-4,6H,2,5,11H2,1H3. The third kappa shape index (κ3) is 2.39. The number of hydrogen-bond donors (Lipinski definition) is 1. The Morgan fingerprint density at radius 1 is 1.43 bits per heavy atom. The highest BCUT2D eigenvalue weighted by atomic mass is 35.5. The summed E-state index contributed by atoms with van der Waals surface area (Å²) >= 11 is 5.78. The predicted octanol–water partition coefficient (Wildman–Crippen LogP) is 2.11. The Balaban J connectivity index is 3.25. The van der Waals surface area contributed by atoms with E-state index in [2.05, 4.69) is 0 Å². The summed E-state index contributed by atoms with van der Waals surface area (Å²) in [5, 5.41) is 0.229. The Kier molecular flexibility index (Phi) is 3.39. The van der Waals surface area contributed by atoms with Crippen molar-refractivity contribution in [3.05, 3.63) is 23.2 Å². The summed E-state index contributed by atoms with van der Waals surface area (Å²) in [4.78, 5) is 0.126. The van der Waals surface area contributed by atoms with Gasteiger partial charge in [0.2, 0.25) is 0 Å². The lowest BCUT2D eigenvalue weighted by molar-refractivity contribution is 0.595. The summed E-state index contributed by atoms with van der Waals surface area (Å²) in [5.74, 6) is 0.0934. The quantitative estimate of drug-likeness (QED) is 0.814. The van der Waals surface area contributed by atoms with Crippen LogP contribution in [0.2, 0.25) is 5.02 Å². The minimum Gasteiger partial charge on any atom is -0.399 e. The van der Waals surface area contributed by atoms with Crippen molar-refractivity contribution >= 4 is 27.1 Å². The van der Waals surface area contributed by atoms with Crippen molar-refractivity contribution in [3.8, 4) is 0 Å². The molecule has 0 unspecified atom stereocenters. The van der Waals surface area contributed by atoms with Gasteiger partial charge in [-0.15, -0.1) is 0 Å². The number of halogens is 1. The lowest BCUT2D eigenvalue weighted by Crippen LogP contribution is -2.07. The Morgan fingerprint density at radius 2 is 2.07 bits per heavy atom. The first-order valence-corrected chi connectivity index (χ1v) is 6.28. The predicted molar refractivity (Wildman–Crippen MR) is 58.2 cm³/mol. The molecule has 3 nitrogen and oxygen atoms in total. The maximum absolute atomic E-state index is 11.7. The first kappa shape index (κ1) is 11.3. The third-order valence-corrected chi connectivity index (χ3v) is 4.16. The van der Waals surface area contributed by atoms with Gasteiger partial charge in [-0.1, -0.05) is 18.5 Å². The molecule has 0 aliphatic rings. The van der Waals surface area contributed by atoms with E-state index in [4.69, 9.17) is 17.3 Å². The van der Waals surface area contributed by atoms with Crippen LogP contribution < -0.4 is 5.73 Å². The van der Waals surface area contributed by atoms with Crippen molar-refractivity contribution in [1.29, 1.82) is 0 Å². The minimum atomic E-state index is -3.28. The highest BCUT2D eigenvalue weighted by Gasteiger charge is 2.16. The molecule has 14 heavy (non-hydrogen) atoms. The van der Waals surface area contributed by atoms with Crippen LogP contribution in [0.3, 0.4) is 0 Å². The smallest absolute Gasteiger partial charge is 0.179 e. The molecule has 1 aromatic carbocycles. The summed E-state index contributed by atoms with van der Waals surface area (Å²) in [5.41, 5.74) is 5.90. The molecule has 1 rings (SSSR count). The molecule has 0 spiro atoms. The fourth-order valence-electron chi connectivity index (χ4n) is 1.14. The molecule has 0 amide bonds. The Morgan fingerprint density at radius 3 is 2.64 bits per heavy atom. The molecule has 0 bridgehead atoms. The fraction of sp³-hybridized carbons (Fsp3) is 0.333. The number of benzene rings is 1. The van der Waals surface area contributed by atoms with Crippen molar-refractivity contribution in [2.75, 3.05) is 11.5 Å². The second-order valence-corrected chi connectivity index (χ2v) is 5.49. The summed E-state index contributed by atoms with van der Waals surface area (Å²) in [6.07, 6.45) is 0.563. The minimum absolute atomic E-state index is 0.0934. The zero-order valence-electron chi connectivity index (χ0n) is 7.83. The molecule has 0 radical (unpaired) electrons. The van der Waals surface area contributed by atoms with Gasteiger partial charge in [0, 0.05) is 5.69 Å². The summed E-state index contributed by atoms with van der Waals surface area (Å²) in [7, 11) is -3.28. The second-order valence-electron chi connectivity index (χ2n) is 3.01. The normalized spacial score (nSPS) is 11.6. The SMILES string of the molecule is CCCS(=O)(=O)c1cc(N)ccc1Cl. The van der Waals surface area contributed by atoms with Crippen LogP contribution in [0.5, 0.6) is 0 Å². The molecule has 5 heteroatoms. The Hall–Kier alpha value is -0.740. The molecule has 2 N–H and O–H groups in total. The number of sulfone groups is 1. The van der Waals surface area contributed by atoms with E-state index in [1.807, 2.05) is 0 Å². The first-order chi connectivity index (χ1) is 6.47. The van der Waals surface area contributed by atoms with Crippen molar-refractivity contribution in [2.45, 2.75) is 18.2 Å². The van der Waals surface area contributed by atoms with E-state index in [-0.39, 0.29) is 15.7 Å². The molecule has 0 saturated heterocycles. The number of anilines is 1. The van der Waals surface area contributed by atoms with Gasteiger partial charge in [-0.05, 0) is 24.6 Å². The topological polar surface area (TPSA) is 60.2 Å². The Labute approximate surface area is 88.8 Å². The third-order valence-electron chi connectivity index (χ3n) is 1.76. The largest absolute Gasteiger partial charge is 0.399 e. The summed E-state index contributed by atoms with van der Waals surface area (Å²) < 4.78 is 23.3. The first-order valence-electron chi connectivity index (χ1n) is 4.25. The molecular formula is C9H12ClNO2S. The molecular weight excluding hydrogens is 222 g/mol. The number of hydrogen-bond acceptors (Lipinski definition) is 3. The number of nitrogens with two attached hydrogens (primary N) is 1. The van der Waals surface area contributed by atoms with Gasteiger partial charge in [-0.2, -0.15) is 0 Å². The monoisotopic (exact) mass is 233 g/mol. The molecule has 0 atom stereocenters. The molecule has 0 aliphatic heterocycles. The van der Waals surface area contributed by atoms with Crippen LogP contribution in [-0.4, -0.2) is 14.2 Å². The second kappa shape index (κ2) is 4.19. The van der Waals surface area contributed by atoms with Gasteiger partial charge in [0.05, 0.1) is 15.7 Å². The van der Waals surface area contributed by atoms with E-state index < -0.39 is 9.84 Å². The summed E-state index contributed by atoms with van der Waals surface area (Å²) in [6.45, 7) is 1.80. The molecule has 0 heterocycles. The maximum atomic E-state index is 11.7. The van der Waals surface area contributed by atoms with Crippen molar-refractivity contribution in [3.63, 3.8) is 0 Å². The summed E-state index contributed by atoms with van der Waals surface area (Å²) in [6, 6.07) is 4.47. The van der Waals surface area contributed by atoms with Crippen LogP contribution in [0, 0.1) is 0 Å². The zero-order chi connectivity index (χ0) is 10.8. The van der Waals surface area contributed by atoms with Crippen molar-refractivity contribution in [2.24, 2.45) is 0 Å². The van der Waals surface area contributed by atoms with E-state index in [1.54, 1.807) is 13.0 Å². The molecule has 1 aromatic rings. The number of rotatable bonds is 3. The molecule has 0 fully saturated rings. The average molecular weight is 234 g/mol. The van der Waals surface area contributed by atoms with Crippen molar-refractivity contribution in [1.82, 2.24) is 0 Å². The van der Waals surface area contributed by atoms with Gasteiger partial charge in [0.25, 0.3) is 0 Å².